The van der Waals surface area contributed by atoms with Gasteiger partial charge in [0.15, 0.2) is 10.1 Å². The summed E-state index contributed by atoms with van der Waals surface area (Å²) >= 11 is 2.88. The first-order valence-electron chi connectivity index (χ1n) is 8.59. The van der Waals surface area contributed by atoms with E-state index in [2.05, 4.69) is 26.7 Å². The number of Topliss-reactive ketones (excluding diaryl/α,β-unsaturated/α-hetero) is 1. The highest BCUT2D eigenvalue weighted by atomic mass is 32.2. The number of aryl methyl sites for hydroxylation is 2. The lowest BCUT2D eigenvalue weighted by atomic mass is 10.2. The second-order valence-corrected chi connectivity index (χ2v) is 8.41. The molecular weight excluding hydrogens is 376 g/mol. The summed E-state index contributed by atoms with van der Waals surface area (Å²) in [6, 6.07) is 9.98. The van der Waals surface area contributed by atoms with Gasteiger partial charge >= 0.3 is 0 Å². The third kappa shape index (κ3) is 4.48. The van der Waals surface area contributed by atoms with E-state index in [9.17, 15) is 4.79 Å². The van der Waals surface area contributed by atoms with Gasteiger partial charge in [-0.05, 0) is 38.5 Å². The van der Waals surface area contributed by atoms with Crippen LogP contribution in [0.15, 0.2) is 47.3 Å². The topological polar surface area (TPSA) is 59.8 Å². The van der Waals surface area contributed by atoms with Crippen molar-refractivity contribution in [3.8, 4) is 0 Å². The second kappa shape index (κ2) is 8.54. The minimum Gasteiger partial charge on any atom is -0.345 e. The fourth-order valence-electron chi connectivity index (χ4n) is 2.85. The number of thioether (sulfide) groups is 1. The van der Waals surface area contributed by atoms with Crippen LogP contribution >= 0.6 is 23.1 Å². The van der Waals surface area contributed by atoms with Gasteiger partial charge in [0.05, 0.1) is 5.75 Å². The Morgan fingerprint density at radius 1 is 1.30 bits per heavy atom. The van der Waals surface area contributed by atoms with Crippen LogP contribution in [0.25, 0.3) is 0 Å². The van der Waals surface area contributed by atoms with Crippen LogP contribution in [0, 0.1) is 20.8 Å². The maximum absolute atomic E-state index is 12.6. The first kappa shape index (κ1) is 19.4. The van der Waals surface area contributed by atoms with Crippen molar-refractivity contribution in [1.82, 2.24) is 14.8 Å². The number of nitrogens with one attached hydrogen (secondary N) is 1. The fourth-order valence-corrected chi connectivity index (χ4v) is 4.49. The Bertz CT molecular complexity index is 974. The molecule has 3 aromatic rings. The molecule has 2 heterocycles. The number of aromatic nitrogens is 3. The van der Waals surface area contributed by atoms with Crippen molar-refractivity contribution in [3.63, 3.8) is 0 Å². The van der Waals surface area contributed by atoms with Crippen LogP contribution < -0.4 is 5.32 Å². The summed E-state index contributed by atoms with van der Waals surface area (Å²) in [7, 11) is 0. The highest BCUT2D eigenvalue weighted by molar-refractivity contribution is 8.01. The summed E-state index contributed by atoms with van der Waals surface area (Å²) in [4.78, 5) is 12.6. The number of carbonyl (C=O) groups excluding carboxylic acids is 1. The maximum Gasteiger partial charge on any atom is 0.210 e. The van der Waals surface area contributed by atoms with Gasteiger partial charge in [0.2, 0.25) is 5.13 Å². The van der Waals surface area contributed by atoms with Gasteiger partial charge in [0.1, 0.15) is 0 Å². The van der Waals surface area contributed by atoms with E-state index in [1.54, 1.807) is 0 Å². The van der Waals surface area contributed by atoms with Crippen molar-refractivity contribution in [3.05, 3.63) is 65.5 Å². The fraction of sp³-hybridized carbons (Fsp3) is 0.250. The average molecular weight is 399 g/mol. The van der Waals surface area contributed by atoms with Crippen LogP contribution in [-0.2, 0) is 6.54 Å². The Balaban J connectivity index is 1.63. The monoisotopic (exact) mass is 398 g/mol. The first-order valence-corrected chi connectivity index (χ1v) is 10.4. The normalized spacial score (nSPS) is 10.8. The average Bonchev–Trinajstić information content (AvgIpc) is 3.21. The van der Waals surface area contributed by atoms with E-state index < -0.39 is 0 Å². The summed E-state index contributed by atoms with van der Waals surface area (Å²) in [6.45, 7) is 10.5. The summed E-state index contributed by atoms with van der Waals surface area (Å²) in [5.74, 6) is 0.448. The van der Waals surface area contributed by atoms with E-state index in [4.69, 9.17) is 0 Å². The van der Waals surface area contributed by atoms with Crippen LogP contribution in [-0.4, -0.2) is 26.3 Å². The molecule has 0 unspecified atom stereocenters. The molecule has 0 bridgehead atoms. The molecule has 0 saturated heterocycles. The molecule has 0 aliphatic carbocycles. The van der Waals surface area contributed by atoms with Gasteiger partial charge in [0, 0.05) is 29.2 Å². The zero-order valence-corrected chi connectivity index (χ0v) is 17.3. The molecule has 1 N–H and O–H groups in total. The quantitative estimate of drug-likeness (QED) is 0.322. The van der Waals surface area contributed by atoms with Crippen molar-refractivity contribution in [2.24, 2.45) is 0 Å². The van der Waals surface area contributed by atoms with Crippen LogP contribution in [0.5, 0.6) is 0 Å². The number of hydrogen-bond acceptors (Lipinski definition) is 6. The van der Waals surface area contributed by atoms with Crippen LogP contribution in [0.2, 0.25) is 0 Å². The van der Waals surface area contributed by atoms with Gasteiger partial charge in [0.25, 0.3) is 0 Å². The van der Waals surface area contributed by atoms with Gasteiger partial charge in [-0.1, -0.05) is 47.4 Å². The number of allylic oxidation sites excluding steroid dienone is 1. The van der Waals surface area contributed by atoms with E-state index in [1.807, 2.05) is 57.2 Å². The Morgan fingerprint density at radius 2 is 2.07 bits per heavy atom. The molecule has 0 atom stereocenters. The lowest BCUT2D eigenvalue weighted by molar-refractivity contribution is 0.102. The van der Waals surface area contributed by atoms with E-state index in [-0.39, 0.29) is 5.78 Å². The van der Waals surface area contributed by atoms with E-state index in [0.717, 1.165) is 37.7 Å². The van der Waals surface area contributed by atoms with Crippen molar-refractivity contribution >= 4 is 39.7 Å². The summed E-state index contributed by atoms with van der Waals surface area (Å²) in [6.07, 6.45) is 1.84. The predicted octanol–water partition coefficient (Wildman–Crippen LogP) is 5.17. The minimum atomic E-state index is 0.104. The Kier molecular flexibility index (Phi) is 6.13. The van der Waals surface area contributed by atoms with Gasteiger partial charge in [-0.3, -0.25) is 4.79 Å². The van der Waals surface area contributed by atoms with Gasteiger partial charge in [-0.2, -0.15) is 0 Å². The van der Waals surface area contributed by atoms with Gasteiger partial charge in [-0.25, -0.2) is 0 Å². The lowest BCUT2D eigenvalue weighted by Crippen LogP contribution is -2.06. The van der Waals surface area contributed by atoms with Crippen molar-refractivity contribution in [2.75, 3.05) is 11.1 Å². The molecule has 0 radical (unpaired) electrons. The Labute approximate surface area is 167 Å². The summed E-state index contributed by atoms with van der Waals surface area (Å²) in [5, 5.41) is 12.4. The van der Waals surface area contributed by atoms with Gasteiger partial charge in [-0.15, -0.1) is 16.8 Å². The van der Waals surface area contributed by atoms with Crippen molar-refractivity contribution < 1.29 is 4.79 Å². The number of carbonyl (C=O) groups is 1. The largest absolute Gasteiger partial charge is 0.345 e. The summed E-state index contributed by atoms with van der Waals surface area (Å²) < 4.78 is 2.87. The maximum atomic E-state index is 12.6. The molecule has 0 fully saturated rings. The SMILES string of the molecule is C=CCn1c(C)cc(C(=O)CSc2nnc(Nc3ccccc3C)s2)c1C. The Morgan fingerprint density at radius 3 is 2.81 bits per heavy atom. The molecule has 140 valence electrons. The number of nitrogens with zero attached hydrogens (tertiary/aromatic N) is 3. The van der Waals surface area contributed by atoms with Crippen LogP contribution in [0.1, 0.15) is 27.3 Å². The molecule has 0 spiro atoms. The lowest BCUT2D eigenvalue weighted by Gasteiger charge is -2.06. The van der Waals surface area contributed by atoms with Crippen LogP contribution in [0.3, 0.4) is 0 Å². The zero-order valence-electron chi connectivity index (χ0n) is 15.7. The number of para-hydroxylation sites is 1. The minimum absolute atomic E-state index is 0.104. The van der Waals surface area contributed by atoms with Crippen molar-refractivity contribution in [1.29, 1.82) is 0 Å². The molecule has 0 aliphatic rings. The van der Waals surface area contributed by atoms with Crippen LogP contribution in [0.4, 0.5) is 10.8 Å². The summed E-state index contributed by atoms with van der Waals surface area (Å²) in [5.41, 5.74) is 4.98. The van der Waals surface area contributed by atoms with E-state index in [0.29, 0.717) is 12.3 Å². The highest BCUT2D eigenvalue weighted by Crippen LogP contribution is 2.29. The Hall–Kier alpha value is -2.38. The van der Waals surface area contributed by atoms with E-state index >= 15 is 0 Å². The molecule has 7 heteroatoms. The molecule has 0 saturated carbocycles. The molecule has 27 heavy (non-hydrogen) atoms. The molecular formula is C20H22N4OS2. The standard InChI is InChI=1S/C20H22N4OS2/c1-5-10-24-14(3)11-16(15(24)4)18(25)12-26-20-23-22-19(27-20)21-17-9-7-6-8-13(17)2/h5-9,11H,1,10,12H2,2-4H3,(H,21,22). The second-order valence-electron chi connectivity index (χ2n) is 6.21. The molecule has 1 aromatic carbocycles. The molecule has 5 nitrogen and oxygen atoms in total. The molecule has 0 aliphatic heterocycles. The zero-order chi connectivity index (χ0) is 19.4. The van der Waals surface area contributed by atoms with Crippen molar-refractivity contribution in [2.45, 2.75) is 31.7 Å². The third-order valence-corrected chi connectivity index (χ3v) is 6.28. The van der Waals surface area contributed by atoms with E-state index in [1.165, 1.54) is 23.1 Å². The number of rotatable bonds is 8. The highest BCUT2D eigenvalue weighted by Gasteiger charge is 2.16. The number of anilines is 2. The van der Waals surface area contributed by atoms with Gasteiger partial charge < -0.3 is 9.88 Å². The molecule has 2 aromatic heterocycles. The number of hydrogen-bond donors (Lipinski definition) is 1. The third-order valence-electron chi connectivity index (χ3n) is 4.31. The molecule has 3 rings (SSSR count). The first-order chi connectivity index (χ1) is 13.0. The smallest absolute Gasteiger partial charge is 0.210 e. The molecule has 0 amide bonds. The predicted molar refractivity (Wildman–Crippen MR) is 114 cm³/mol. The number of ketones is 1. The number of benzene rings is 1.